The van der Waals surface area contributed by atoms with E-state index in [-0.39, 0.29) is 31.2 Å². The van der Waals surface area contributed by atoms with Crippen molar-refractivity contribution in [1.82, 2.24) is 34.9 Å². The van der Waals surface area contributed by atoms with Gasteiger partial charge in [-0.1, -0.05) is 68.5 Å². The minimum Gasteiger partial charge on any atom is -0.444 e. The number of hydrogen-bond donors (Lipinski definition) is 4. The zero-order valence-corrected chi connectivity index (χ0v) is 48.9. The van der Waals surface area contributed by atoms with E-state index in [1.807, 2.05) is 42.5 Å². The van der Waals surface area contributed by atoms with Gasteiger partial charge in [0, 0.05) is 68.2 Å². The molecular weight excluding hydrogens is 993 g/mol. The Balaban J connectivity index is 1.43. The Labute approximate surface area is 463 Å². The second-order valence-electron chi connectivity index (χ2n) is 24.7. The van der Waals surface area contributed by atoms with Crippen molar-refractivity contribution in [1.29, 1.82) is 0 Å². The van der Waals surface area contributed by atoms with Crippen molar-refractivity contribution < 1.29 is 47.7 Å². The number of fused-ring (bicyclic) bond motifs is 2. The Morgan fingerprint density at radius 2 is 0.910 bits per heavy atom. The molecule has 0 aliphatic heterocycles. The lowest BCUT2D eigenvalue weighted by molar-refractivity contribution is -0.135. The predicted octanol–water partition coefficient (Wildman–Crippen LogP) is 10.6. The molecular formula is C60H92N8O10. The molecule has 78 heavy (non-hydrogen) atoms. The first-order valence-corrected chi connectivity index (χ1v) is 28.3. The van der Waals surface area contributed by atoms with E-state index in [1.165, 1.54) is 41.2 Å². The molecule has 2 unspecified atom stereocenters. The van der Waals surface area contributed by atoms with Crippen LogP contribution in [-0.2, 0) is 41.4 Å². The minimum atomic E-state index is -1.10. The van der Waals surface area contributed by atoms with Crippen LogP contribution in [0.4, 0.5) is 19.2 Å². The second kappa shape index (κ2) is 28.1. The number of carbonyl (C=O) groups excluding carboxylic acids is 6. The van der Waals surface area contributed by atoms with Gasteiger partial charge in [-0.15, -0.1) is 0 Å². The molecule has 2 aromatic heterocycles. The summed E-state index contributed by atoms with van der Waals surface area (Å²) in [7, 11) is 0. The Bertz CT molecular complexity index is 2620. The number of nitrogens with zero attached hydrogens (tertiary/aromatic N) is 4. The van der Waals surface area contributed by atoms with Crippen LogP contribution in [0.2, 0.25) is 0 Å². The number of nitrogens with two attached hydrogens (primary N) is 1. The summed E-state index contributed by atoms with van der Waals surface area (Å²) in [6.45, 7) is 23.6. The van der Waals surface area contributed by atoms with Crippen LogP contribution < -0.4 is 21.7 Å². The molecule has 5 N–H and O–H groups in total. The van der Waals surface area contributed by atoms with Gasteiger partial charge in [-0.25, -0.2) is 19.2 Å². The molecule has 1 aliphatic rings. The average Bonchev–Trinajstić information content (AvgIpc) is 3.90. The minimum absolute atomic E-state index is 0.0349. The summed E-state index contributed by atoms with van der Waals surface area (Å²) < 4.78 is 25.8. The van der Waals surface area contributed by atoms with Gasteiger partial charge in [0.15, 0.2) is 0 Å². The highest BCUT2D eigenvalue weighted by molar-refractivity contribution is 5.95. The molecule has 0 bridgehead atoms. The van der Waals surface area contributed by atoms with Gasteiger partial charge in [0.1, 0.15) is 34.5 Å². The first-order valence-electron chi connectivity index (χ1n) is 28.3. The number of ether oxygens (including phenoxy) is 4. The van der Waals surface area contributed by atoms with E-state index in [0.29, 0.717) is 86.6 Å². The zero-order valence-electron chi connectivity index (χ0n) is 48.9. The smallest absolute Gasteiger partial charge is 0.419 e. The van der Waals surface area contributed by atoms with Crippen LogP contribution in [0.3, 0.4) is 0 Å². The highest BCUT2D eigenvalue weighted by Gasteiger charge is 2.33. The van der Waals surface area contributed by atoms with Gasteiger partial charge in [0.05, 0.1) is 11.0 Å². The lowest BCUT2D eigenvalue weighted by atomic mass is 9.97. The van der Waals surface area contributed by atoms with E-state index in [4.69, 9.17) is 24.7 Å². The summed E-state index contributed by atoms with van der Waals surface area (Å²) >= 11 is 0. The van der Waals surface area contributed by atoms with Crippen molar-refractivity contribution in [2.24, 2.45) is 5.73 Å². The Kier molecular flexibility index (Phi) is 22.6. The number of hydrogen-bond acceptors (Lipinski definition) is 12. The molecule has 1 saturated carbocycles. The quantitative estimate of drug-likeness (QED) is 0.0453. The summed E-state index contributed by atoms with van der Waals surface area (Å²) in [4.78, 5) is 87.8. The van der Waals surface area contributed by atoms with Crippen LogP contribution in [0, 0.1) is 0 Å². The lowest BCUT2D eigenvalue weighted by Crippen LogP contribution is -2.52. The van der Waals surface area contributed by atoms with Crippen molar-refractivity contribution in [2.45, 2.75) is 207 Å². The molecule has 18 heteroatoms. The molecule has 18 nitrogen and oxygen atoms in total. The predicted molar refractivity (Wildman–Crippen MR) is 306 cm³/mol. The van der Waals surface area contributed by atoms with Gasteiger partial charge in [-0.3, -0.25) is 18.7 Å². The fourth-order valence-corrected chi connectivity index (χ4v) is 9.72. The standard InChI is InChI=1S/C60H92N8O10/c1-57(2,3)75-53(71)63-47(38-42-40-67(55(73)77-59(7,8)9)49-30-20-18-28-45(42)49)51(69)65(36-24-32-61)34-22-23-35-66(37-25-33-62-44-26-16-14-13-15-17-27-44)52(70)48(64-54(72)76-58(4,5)6)39-43-41-68(56(74)78-60(10,11)12)50-31-21-19-29-46(43)50/h18-21,28-31,40-41,44,47-48,62H,13-17,22-27,32-39,61H2,1-12H3,(H,63,71)(H,64,72). The molecule has 5 rings (SSSR count). The maximum absolute atomic E-state index is 15.2. The van der Waals surface area contributed by atoms with E-state index in [2.05, 4.69) is 16.0 Å². The third kappa shape index (κ3) is 20.3. The maximum atomic E-state index is 15.2. The van der Waals surface area contributed by atoms with Crippen LogP contribution in [0.25, 0.3) is 21.8 Å². The second-order valence-corrected chi connectivity index (χ2v) is 24.7. The number of aromatic nitrogens is 2. The number of amides is 4. The summed E-state index contributed by atoms with van der Waals surface area (Å²) in [5.41, 5.74) is 5.34. The van der Waals surface area contributed by atoms with Gasteiger partial charge in [-0.05, 0) is 158 Å². The van der Waals surface area contributed by atoms with E-state index in [0.717, 1.165) is 23.6 Å². The topological polar surface area (TPSA) is 218 Å². The molecule has 4 amide bonds. The van der Waals surface area contributed by atoms with Crippen molar-refractivity contribution in [3.63, 3.8) is 0 Å². The van der Waals surface area contributed by atoms with Crippen molar-refractivity contribution in [2.75, 3.05) is 39.3 Å². The lowest BCUT2D eigenvalue weighted by Gasteiger charge is -2.31. The molecule has 2 atom stereocenters. The van der Waals surface area contributed by atoms with Gasteiger partial charge in [0.25, 0.3) is 0 Å². The average molecular weight is 1090 g/mol. The molecule has 0 saturated heterocycles. The number of unbranched alkanes of at least 4 members (excludes halogenated alkanes) is 1. The fraction of sp³-hybridized carbons (Fsp3) is 0.633. The summed E-state index contributed by atoms with van der Waals surface area (Å²) in [5, 5.41) is 11.0. The van der Waals surface area contributed by atoms with E-state index >= 15 is 4.79 Å². The van der Waals surface area contributed by atoms with Crippen molar-refractivity contribution in [3.05, 3.63) is 72.1 Å². The highest BCUT2D eigenvalue weighted by atomic mass is 16.6. The number of benzene rings is 2. The van der Waals surface area contributed by atoms with Crippen molar-refractivity contribution in [3.8, 4) is 0 Å². The van der Waals surface area contributed by atoms with Gasteiger partial charge in [0.2, 0.25) is 11.8 Å². The largest absolute Gasteiger partial charge is 0.444 e. The molecule has 1 aliphatic carbocycles. The van der Waals surface area contributed by atoms with Crippen LogP contribution in [0.1, 0.15) is 165 Å². The Hall–Kier alpha value is -6.14. The molecule has 2 heterocycles. The highest BCUT2D eigenvalue weighted by Crippen LogP contribution is 2.27. The van der Waals surface area contributed by atoms with E-state index in [9.17, 15) is 24.0 Å². The zero-order chi connectivity index (χ0) is 57.4. The van der Waals surface area contributed by atoms with Gasteiger partial charge < -0.3 is 50.4 Å². The molecule has 1 fully saturated rings. The molecule has 2 aromatic carbocycles. The van der Waals surface area contributed by atoms with Crippen LogP contribution >= 0.6 is 0 Å². The number of para-hydroxylation sites is 2. The monoisotopic (exact) mass is 1080 g/mol. The van der Waals surface area contributed by atoms with Crippen LogP contribution in [0.5, 0.6) is 0 Å². The SMILES string of the molecule is CC(C)(C)OC(=O)NC(Cc1cn(C(=O)OC(C)(C)C)c2ccccc12)C(=O)N(CCCN)CCCCN(CCCNC1CCCCCCC1)C(=O)C(Cc1cn(C(=O)OC(C)(C)C)c2ccccc12)NC(=O)OC(C)(C)C. The fourth-order valence-electron chi connectivity index (χ4n) is 9.72. The normalized spacial score (nSPS) is 14.7. The third-order valence-electron chi connectivity index (χ3n) is 13.1. The van der Waals surface area contributed by atoms with Gasteiger partial charge in [-0.2, -0.15) is 0 Å². The number of alkyl carbamates (subject to hydrolysis) is 2. The first kappa shape index (κ1) is 62.7. The summed E-state index contributed by atoms with van der Waals surface area (Å²) in [6, 6.07) is 13.0. The number of carbonyl (C=O) groups is 6. The summed E-state index contributed by atoms with van der Waals surface area (Å²) in [5.74, 6) is -0.673. The number of nitrogens with one attached hydrogen (secondary N) is 3. The Morgan fingerprint density at radius 3 is 1.31 bits per heavy atom. The summed E-state index contributed by atoms with van der Waals surface area (Å²) in [6.07, 6.45) is 11.2. The van der Waals surface area contributed by atoms with E-state index in [1.54, 1.807) is 111 Å². The third-order valence-corrected chi connectivity index (χ3v) is 13.1. The Morgan fingerprint density at radius 1 is 0.538 bits per heavy atom. The van der Waals surface area contributed by atoms with Crippen molar-refractivity contribution >= 4 is 58.0 Å². The molecule has 432 valence electrons. The molecule has 0 spiro atoms. The van der Waals surface area contributed by atoms with Crippen LogP contribution in [-0.4, -0.2) is 135 Å². The molecule has 0 radical (unpaired) electrons. The van der Waals surface area contributed by atoms with E-state index < -0.39 is 58.9 Å². The molecule has 4 aromatic rings. The maximum Gasteiger partial charge on any atom is 0.419 e. The first-order chi connectivity index (χ1) is 36.6. The number of rotatable bonds is 21. The van der Waals surface area contributed by atoms with Crippen LogP contribution in [0.15, 0.2) is 60.9 Å². The van der Waals surface area contributed by atoms with Gasteiger partial charge >= 0.3 is 24.4 Å².